The average molecular weight is 234 g/mol. The number of carbonyl (C=O) groups is 1. The molecule has 0 aromatic carbocycles. The van der Waals surface area contributed by atoms with E-state index in [1.807, 2.05) is 12.1 Å². The predicted octanol–water partition coefficient (Wildman–Crippen LogP) is 0.242. The van der Waals surface area contributed by atoms with Gasteiger partial charge in [-0.3, -0.25) is 4.79 Å². The summed E-state index contributed by atoms with van der Waals surface area (Å²) in [6.07, 6.45) is 3.61. The van der Waals surface area contributed by atoms with Crippen molar-refractivity contribution in [3.05, 3.63) is 23.9 Å². The van der Waals surface area contributed by atoms with Crippen LogP contribution in [0.25, 0.3) is 0 Å². The van der Waals surface area contributed by atoms with E-state index in [2.05, 4.69) is 9.88 Å². The standard InChI is InChI=1S/C12H18N4O/c13-7-9-3-4-15-11(6-9)16-5-1-2-10(8-16)12(14)17/h3-4,6,10H,1-2,5,7-8,13H2,(H2,14,17). The molecule has 1 amide bonds. The van der Waals surface area contributed by atoms with Crippen molar-refractivity contribution in [2.24, 2.45) is 17.4 Å². The van der Waals surface area contributed by atoms with Gasteiger partial charge in [0.1, 0.15) is 5.82 Å². The lowest BCUT2D eigenvalue weighted by molar-refractivity contribution is -0.122. The first-order valence-corrected chi connectivity index (χ1v) is 5.90. The Labute approximate surface area is 101 Å². The van der Waals surface area contributed by atoms with Crippen LogP contribution in [0.5, 0.6) is 0 Å². The molecule has 1 aromatic heterocycles. The Morgan fingerprint density at radius 1 is 1.59 bits per heavy atom. The summed E-state index contributed by atoms with van der Waals surface area (Å²) in [5.41, 5.74) is 12.0. The van der Waals surface area contributed by atoms with Gasteiger partial charge in [-0.15, -0.1) is 0 Å². The molecule has 1 saturated heterocycles. The minimum atomic E-state index is -0.218. The predicted molar refractivity (Wildman–Crippen MR) is 66.3 cm³/mol. The van der Waals surface area contributed by atoms with Crippen molar-refractivity contribution in [3.8, 4) is 0 Å². The molecule has 1 aliphatic heterocycles. The van der Waals surface area contributed by atoms with Crippen LogP contribution >= 0.6 is 0 Å². The third-order valence-corrected chi connectivity index (χ3v) is 3.19. The molecule has 0 radical (unpaired) electrons. The van der Waals surface area contributed by atoms with E-state index in [1.165, 1.54) is 0 Å². The first-order chi connectivity index (χ1) is 8.20. The largest absolute Gasteiger partial charge is 0.369 e. The van der Waals surface area contributed by atoms with E-state index in [9.17, 15) is 4.79 Å². The quantitative estimate of drug-likeness (QED) is 0.784. The maximum atomic E-state index is 11.2. The molecule has 5 heteroatoms. The van der Waals surface area contributed by atoms with E-state index >= 15 is 0 Å². The van der Waals surface area contributed by atoms with E-state index in [-0.39, 0.29) is 11.8 Å². The number of rotatable bonds is 3. The fourth-order valence-electron chi connectivity index (χ4n) is 2.18. The molecular formula is C12H18N4O. The lowest BCUT2D eigenvalue weighted by atomic mass is 9.97. The normalized spacial score (nSPS) is 20.3. The van der Waals surface area contributed by atoms with Crippen LogP contribution in [0.2, 0.25) is 0 Å². The minimum Gasteiger partial charge on any atom is -0.369 e. The van der Waals surface area contributed by atoms with Gasteiger partial charge in [0.15, 0.2) is 0 Å². The second kappa shape index (κ2) is 5.14. The Bertz CT molecular complexity index is 407. The van der Waals surface area contributed by atoms with E-state index in [0.717, 1.165) is 30.8 Å². The van der Waals surface area contributed by atoms with Gasteiger partial charge in [0.05, 0.1) is 5.92 Å². The van der Waals surface area contributed by atoms with E-state index in [1.54, 1.807) is 6.20 Å². The first kappa shape index (κ1) is 11.9. The first-order valence-electron chi connectivity index (χ1n) is 5.90. The monoisotopic (exact) mass is 234 g/mol. The molecule has 4 N–H and O–H groups in total. The van der Waals surface area contributed by atoms with Crippen molar-refractivity contribution >= 4 is 11.7 Å². The van der Waals surface area contributed by atoms with Crippen LogP contribution in [0.15, 0.2) is 18.3 Å². The van der Waals surface area contributed by atoms with Crippen LogP contribution in [0.4, 0.5) is 5.82 Å². The summed E-state index contributed by atoms with van der Waals surface area (Å²) in [6, 6.07) is 3.88. The zero-order valence-corrected chi connectivity index (χ0v) is 9.80. The number of hydrogen-bond donors (Lipinski definition) is 2. The highest BCUT2D eigenvalue weighted by molar-refractivity contribution is 5.77. The van der Waals surface area contributed by atoms with Crippen molar-refractivity contribution in [1.82, 2.24) is 4.98 Å². The van der Waals surface area contributed by atoms with Gasteiger partial charge in [-0.2, -0.15) is 0 Å². The van der Waals surface area contributed by atoms with Gasteiger partial charge in [-0.1, -0.05) is 0 Å². The third kappa shape index (κ3) is 2.74. The summed E-state index contributed by atoms with van der Waals surface area (Å²) < 4.78 is 0. The maximum absolute atomic E-state index is 11.2. The highest BCUT2D eigenvalue weighted by Crippen LogP contribution is 2.21. The summed E-state index contributed by atoms with van der Waals surface area (Å²) in [5.74, 6) is 0.607. The molecular weight excluding hydrogens is 216 g/mol. The number of aromatic nitrogens is 1. The van der Waals surface area contributed by atoms with E-state index in [4.69, 9.17) is 11.5 Å². The number of hydrogen-bond acceptors (Lipinski definition) is 4. The Hall–Kier alpha value is -1.62. The van der Waals surface area contributed by atoms with Gasteiger partial charge in [-0.25, -0.2) is 4.98 Å². The molecule has 0 bridgehead atoms. The highest BCUT2D eigenvalue weighted by atomic mass is 16.1. The van der Waals surface area contributed by atoms with Gasteiger partial charge >= 0.3 is 0 Å². The van der Waals surface area contributed by atoms with Crippen molar-refractivity contribution in [3.63, 3.8) is 0 Å². The van der Waals surface area contributed by atoms with Crippen LogP contribution in [-0.2, 0) is 11.3 Å². The average Bonchev–Trinajstić information content (AvgIpc) is 2.39. The molecule has 1 fully saturated rings. The van der Waals surface area contributed by atoms with E-state index < -0.39 is 0 Å². The number of nitrogens with two attached hydrogens (primary N) is 2. The van der Waals surface area contributed by atoms with Crippen molar-refractivity contribution in [2.45, 2.75) is 19.4 Å². The smallest absolute Gasteiger partial charge is 0.222 e. The molecule has 1 unspecified atom stereocenters. The van der Waals surface area contributed by atoms with Crippen LogP contribution in [0.3, 0.4) is 0 Å². The van der Waals surface area contributed by atoms with Crippen LogP contribution in [0.1, 0.15) is 18.4 Å². The van der Waals surface area contributed by atoms with Gasteiger partial charge in [0.25, 0.3) is 0 Å². The second-order valence-electron chi connectivity index (χ2n) is 4.41. The number of primary amides is 1. The molecule has 0 spiro atoms. The van der Waals surface area contributed by atoms with Gasteiger partial charge in [0, 0.05) is 25.8 Å². The fraction of sp³-hybridized carbons (Fsp3) is 0.500. The number of piperidine rings is 1. The molecule has 2 heterocycles. The Morgan fingerprint density at radius 3 is 3.12 bits per heavy atom. The maximum Gasteiger partial charge on any atom is 0.222 e. The summed E-state index contributed by atoms with van der Waals surface area (Å²) in [7, 11) is 0. The van der Waals surface area contributed by atoms with Crippen molar-refractivity contribution in [2.75, 3.05) is 18.0 Å². The van der Waals surface area contributed by atoms with E-state index in [0.29, 0.717) is 13.1 Å². The highest BCUT2D eigenvalue weighted by Gasteiger charge is 2.24. The Balaban J connectivity index is 2.13. The molecule has 0 aliphatic carbocycles. The zero-order chi connectivity index (χ0) is 12.3. The molecule has 1 atom stereocenters. The molecule has 5 nitrogen and oxygen atoms in total. The van der Waals surface area contributed by atoms with Crippen LogP contribution < -0.4 is 16.4 Å². The van der Waals surface area contributed by atoms with Crippen LogP contribution in [0, 0.1) is 5.92 Å². The van der Waals surface area contributed by atoms with Crippen molar-refractivity contribution in [1.29, 1.82) is 0 Å². The Kier molecular flexibility index (Phi) is 3.58. The van der Waals surface area contributed by atoms with Crippen LogP contribution in [-0.4, -0.2) is 24.0 Å². The minimum absolute atomic E-state index is 0.0629. The zero-order valence-electron chi connectivity index (χ0n) is 9.80. The lowest BCUT2D eigenvalue weighted by Gasteiger charge is -2.32. The SMILES string of the molecule is NCc1ccnc(N2CCCC(C(N)=O)C2)c1. The summed E-state index contributed by atoms with van der Waals surface area (Å²) in [4.78, 5) is 17.6. The topological polar surface area (TPSA) is 85.2 Å². The molecule has 92 valence electrons. The molecule has 1 aromatic rings. The van der Waals surface area contributed by atoms with Gasteiger partial charge < -0.3 is 16.4 Å². The summed E-state index contributed by atoms with van der Waals surface area (Å²) in [6.45, 7) is 2.09. The summed E-state index contributed by atoms with van der Waals surface area (Å²) in [5, 5.41) is 0. The molecule has 1 aliphatic rings. The van der Waals surface area contributed by atoms with Gasteiger partial charge in [-0.05, 0) is 30.5 Å². The molecule has 17 heavy (non-hydrogen) atoms. The number of anilines is 1. The fourth-order valence-corrected chi connectivity index (χ4v) is 2.18. The molecule has 2 rings (SSSR count). The summed E-state index contributed by atoms with van der Waals surface area (Å²) >= 11 is 0. The Morgan fingerprint density at radius 2 is 2.41 bits per heavy atom. The van der Waals surface area contributed by atoms with Crippen molar-refractivity contribution < 1.29 is 4.79 Å². The van der Waals surface area contributed by atoms with Gasteiger partial charge in [0.2, 0.25) is 5.91 Å². The number of pyridine rings is 1. The number of amides is 1. The number of nitrogens with zero attached hydrogens (tertiary/aromatic N) is 2. The lowest BCUT2D eigenvalue weighted by Crippen LogP contribution is -2.41. The molecule has 0 saturated carbocycles. The third-order valence-electron chi connectivity index (χ3n) is 3.19. The second-order valence-corrected chi connectivity index (χ2v) is 4.41. The number of carbonyl (C=O) groups excluding carboxylic acids is 1.